The summed E-state index contributed by atoms with van der Waals surface area (Å²) in [4.78, 5) is 33.6. The van der Waals surface area contributed by atoms with E-state index in [4.69, 9.17) is 5.11 Å². The molecule has 0 bridgehead atoms. The monoisotopic (exact) mass is 305 g/mol. The van der Waals surface area contributed by atoms with E-state index in [-0.39, 0.29) is 23.3 Å². The van der Waals surface area contributed by atoms with E-state index < -0.39 is 5.97 Å². The van der Waals surface area contributed by atoms with Crippen LogP contribution in [0.25, 0.3) is 0 Å². The van der Waals surface area contributed by atoms with Crippen molar-refractivity contribution < 1.29 is 14.7 Å². The normalized spacial score (nSPS) is 10.6. The highest BCUT2D eigenvalue weighted by Gasteiger charge is 2.21. The van der Waals surface area contributed by atoms with Crippen LogP contribution in [-0.2, 0) is 6.54 Å². The van der Waals surface area contributed by atoms with Crippen molar-refractivity contribution >= 4 is 23.2 Å². The Labute approximate surface area is 126 Å². The van der Waals surface area contributed by atoms with Gasteiger partial charge in [0.25, 0.3) is 5.91 Å². The molecule has 1 N–H and O–H groups in total. The quantitative estimate of drug-likeness (QED) is 0.916. The van der Waals surface area contributed by atoms with Gasteiger partial charge in [-0.3, -0.25) is 4.79 Å². The van der Waals surface area contributed by atoms with E-state index in [1.165, 1.54) is 6.20 Å². The number of nitrogens with zero attached hydrogens (tertiary/aromatic N) is 3. The summed E-state index contributed by atoms with van der Waals surface area (Å²) in [6, 6.07) is 3.90. The van der Waals surface area contributed by atoms with Gasteiger partial charge in [-0.15, -0.1) is 11.3 Å². The fraction of sp³-hybridized carbons (Fsp3) is 0.286. The maximum atomic E-state index is 12.5. The molecule has 0 unspecified atom stereocenters. The van der Waals surface area contributed by atoms with Crippen molar-refractivity contribution in [2.45, 2.75) is 26.4 Å². The van der Waals surface area contributed by atoms with Gasteiger partial charge in [0.05, 0.1) is 18.9 Å². The Bertz CT molecular complexity index is 623. The number of amides is 1. The lowest BCUT2D eigenvalue weighted by Crippen LogP contribution is -2.36. The average molecular weight is 305 g/mol. The van der Waals surface area contributed by atoms with Crippen LogP contribution in [-0.4, -0.2) is 37.9 Å². The minimum atomic E-state index is -1.17. The molecule has 6 nitrogen and oxygen atoms in total. The average Bonchev–Trinajstić information content (AvgIpc) is 2.97. The number of carboxylic acid groups (broad SMARTS) is 1. The SMILES string of the molecule is CC(C)N(Cc1cccs1)C(=O)c1cnc(C(=O)O)cn1. The number of carbonyl (C=O) groups is 2. The summed E-state index contributed by atoms with van der Waals surface area (Å²) in [5.74, 6) is -1.43. The van der Waals surface area contributed by atoms with E-state index in [0.29, 0.717) is 6.54 Å². The maximum absolute atomic E-state index is 12.5. The van der Waals surface area contributed by atoms with E-state index in [9.17, 15) is 9.59 Å². The molecule has 2 aromatic rings. The predicted molar refractivity (Wildman–Crippen MR) is 78.3 cm³/mol. The summed E-state index contributed by atoms with van der Waals surface area (Å²) < 4.78 is 0. The highest BCUT2D eigenvalue weighted by Crippen LogP contribution is 2.16. The van der Waals surface area contributed by atoms with Gasteiger partial charge in [-0.2, -0.15) is 0 Å². The smallest absolute Gasteiger partial charge is 0.356 e. The third-order valence-corrected chi connectivity index (χ3v) is 3.74. The molecule has 1 amide bonds. The van der Waals surface area contributed by atoms with E-state index in [2.05, 4.69) is 9.97 Å². The van der Waals surface area contributed by atoms with Gasteiger partial charge in [-0.1, -0.05) is 6.07 Å². The fourth-order valence-electron chi connectivity index (χ4n) is 1.76. The van der Waals surface area contributed by atoms with Crippen LogP contribution in [0, 0.1) is 0 Å². The van der Waals surface area contributed by atoms with Gasteiger partial charge in [0, 0.05) is 10.9 Å². The van der Waals surface area contributed by atoms with Crippen LogP contribution in [0.4, 0.5) is 0 Å². The highest BCUT2D eigenvalue weighted by molar-refractivity contribution is 7.09. The van der Waals surface area contributed by atoms with Gasteiger partial charge >= 0.3 is 5.97 Å². The topological polar surface area (TPSA) is 83.4 Å². The highest BCUT2D eigenvalue weighted by atomic mass is 32.1. The summed E-state index contributed by atoms with van der Waals surface area (Å²) in [6.45, 7) is 4.34. The second-order valence-corrected chi connectivity index (χ2v) is 5.73. The van der Waals surface area contributed by atoms with Crippen LogP contribution in [0.1, 0.15) is 39.7 Å². The van der Waals surface area contributed by atoms with E-state index in [1.54, 1.807) is 16.2 Å². The Morgan fingerprint density at radius 2 is 1.95 bits per heavy atom. The van der Waals surface area contributed by atoms with Crippen molar-refractivity contribution in [2.24, 2.45) is 0 Å². The van der Waals surface area contributed by atoms with E-state index in [1.807, 2.05) is 31.4 Å². The number of aromatic carboxylic acids is 1. The van der Waals surface area contributed by atoms with Gasteiger partial charge < -0.3 is 10.0 Å². The first kappa shape index (κ1) is 15.1. The molecule has 21 heavy (non-hydrogen) atoms. The first-order valence-corrected chi connectivity index (χ1v) is 7.25. The van der Waals surface area contributed by atoms with Crippen molar-refractivity contribution in [2.75, 3.05) is 0 Å². The third kappa shape index (κ3) is 3.63. The predicted octanol–water partition coefficient (Wildman–Crippen LogP) is 2.29. The zero-order valence-electron chi connectivity index (χ0n) is 11.7. The molecule has 0 fully saturated rings. The molecule has 7 heteroatoms. The molecule has 0 saturated carbocycles. The Kier molecular flexibility index (Phi) is 4.64. The van der Waals surface area contributed by atoms with E-state index in [0.717, 1.165) is 11.1 Å². The summed E-state index contributed by atoms with van der Waals surface area (Å²) in [5.41, 5.74) is -0.0360. The van der Waals surface area contributed by atoms with Crippen molar-refractivity contribution in [1.29, 1.82) is 0 Å². The van der Waals surface area contributed by atoms with Crippen LogP contribution in [0.3, 0.4) is 0 Å². The molecule has 0 radical (unpaired) electrons. The molecular weight excluding hydrogens is 290 g/mol. The summed E-state index contributed by atoms with van der Waals surface area (Å²) in [5, 5.41) is 10.7. The van der Waals surface area contributed by atoms with Crippen LogP contribution in [0.15, 0.2) is 29.9 Å². The van der Waals surface area contributed by atoms with Gasteiger partial charge in [0.2, 0.25) is 0 Å². The van der Waals surface area contributed by atoms with Gasteiger partial charge in [-0.05, 0) is 25.3 Å². The summed E-state index contributed by atoms with van der Waals surface area (Å²) in [6.07, 6.45) is 2.30. The zero-order chi connectivity index (χ0) is 15.4. The van der Waals surface area contributed by atoms with Crippen LogP contribution < -0.4 is 0 Å². The number of hydrogen-bond donors (Lipinski definition) is 1. The number of aromatic nitrogens is 2. The zero-order valence-corrected chi connectivity index (χ0v) is 12.5. The first-order valence-electron chi connectivity index (χ1n) is 6.37. The molecule has 0 aliphatic heterocycles. The molecule has 0 aromatic carbocycles. The van der Waals surface area contributed by atoms with Crippen LogP contribution >= 0.6 is 11.3 Å². The standard InChI is InChI=1S/C14H15N3O3S/c1-9(2)17(8-10-4-3-5-21-10)13(18)11-6-16-12(7-15-11)14(19)20/h3-7,9H,8H2,1-2H3,(H,19,20). The molecule has 110 valence electrons. The molecular formula is C14H15N3O3S. The number of rotatable bonds is 5. The van der Waals surface area contributed by atoms with Gasteiger partial charge in [-0.25, -0.2) is 14.8 Å². The number of carbonyl (C=O) groups excluding carboxylic acids is 1. The van der Waals surface area contributed by atoms with Gasteiger partial charge in [0.15, 0.2) is 5.69 Å². The number of thiophene rings is 1. The first-order chi connectivity index (χ1) is 9.99. The van der Waals surface area contributed by atoms with Crippen LogP contribution in [0.5, 0.6) is 0 Å². The number of carboxylic acids is 1. The molecule has 2 rings (SSSR count). The molecule has 2 heterocycles. The van der Waals surface area contributed by atoms with Crippen molar-refractivity contribution in [1.82, 2.24) is 14.9 Å². The van der Waals surface area contributed by atoms with Crippen molar-refractivity contribution in [3.8, 4) is 0 Å². The lowest BCUT2D eigenvalue weighted by atomic mass is 10.2. The second-order valence-electron chi connectivity index (χ2n) is 4.70. The second kappa shape index (κ2) is 6.45. The Hall–Kier alpha value is -2.28. The molecule has 2 aromatic heterocycles. The number of hydrogen-bond acceptors (Lipinski definition) is 5. The summed E-state index contributed by atoms with van der Waals surface area (Å²) >= 11 is 1.58. The Morgan fingerprint density at radius 3 is 2.43 bits per heavy atom. The van der Waals surface area contributed by atoms with Crippen molar-refractivity contribution in [3.63, 3.8) is 0 Å². The summed E-state index contributed by atoms with van der Waals surface area (Å²) in [7, 11) is 0. The largest absolute Gasteiger partial charge is 0.476 e. The lowest BCUT2D eigenvalue weighted by molar-refractivity contribution is 0.0670. The molecule has 0 saturated heterocycles. The molecule has 0 aliphatic rings. The third-order valence-electron chi connectivity index (χ3n) is 2.88. The maximum Gasteiger partial charge on any atom is 0.356 e. The lowest BCUT2D eigenvalue weighted by Gasteiger charge is -2.25. The van der Waals surface area contributed by atoms with Crippen LogP contribution in [0.2, 0.25) is 0 Å². The minimum Gasteiger partial charge on any atom is -0.476 e. The van der Waals surface area contributed by atoms with Crippen molar-refractivity contribution in [3.05, 3.63) is 46.2 Å². The Morgan fingerprint density at radius 1 is 1.29 bits per heavy atom. The Balaban J connectivity index is 2.19. The molecule has 0 spiro atoms. The van der Waals surface area contributed by atoms with E-state index >= 15 is 0 Å². The minimum absolute atomic E-state index is 0.000510. The van der Waals surface area contributed by atoms with Gasteiger partial charge in [0.1, 0.15) is 5.69 Å². The molecule has 0 aliphatic carbocycles. The molecule has 0 atom stereocenters. The fourth-order valence-corrected chi connectivity index (χ4v) is 2.46.